The first-order valence-electron chi connectivity index (χ1n) is 13.0. The third kappa shape index (κ3) is 7.64. The third-order valence-corrected chi connectivity index (χ3v) is 7.81. The number of nitrogens with zero attached hydrogens (tertiary/aromatic N) is 1. The van der Waals surface area contributed by atoms with Crippen LogP contribution in [-0.4, -0.2) is 61.2 Å². The summed E-state index contributed by atoms with van der Waals surface area (Å²) in [6.07, 6.45) is -3.13. The maximum atomic E-state index is 14.1. The number of likely N-dealkylation sites (tertiary alicyclic amines) is 1. The van der Waals surface area contributed by atoms with E-state index in [0.717, 1.165) is 23.4 Å². The molecule has 2 aliphatic heterocycles. The second-order valence-corrected chi connectivity index (χ2v) is 10.8. The van der Waals surface area contributed by atoms with Gasteiger partial charge in [-0.15, -0.1) is 0 Å². The van der Waals surface area contributed by atoms with E-state index in [1.165, 1.54) is 17.0 Å². The summed E-state index contributed by atoms with van der Waals surface area (Å²) in [5, 5.41) is 0. The van der Waals surface area contributed by atoms with Gasteiger partial charge in [0.05, 0.1) is 37.4 Å². The highest BCUT2D eigenvalue weighted by molar-refractivity contribution is 7.99. The Morgan fingerprint density at radius 1 is 1.15 bits per heavy atom. The van der Waals surface area contributed by atoms with Gasteiger partial charge >= 0.3 is 12.1 Å². The summed E-state index contributed by atoms with van der Waals surface area (Å²) in [4.78, 5) is 26.7. The van der Waals surface area contributed by atoms with Crippen LogP contribution in [0.5, 0.6) is 0 Å². The maximum Gasteiger partial charge on any atom is 0.417 e. The Morgan fingerprint density at radius 3 is 2.64 bits per heavy atom. The van der Waals surface area contributed by atoms with Gasteiger partial charge in [0.15, 0.2) is 0 Å². The second kappa shape index (κ2) is 13.0. The lowest BCUT2D eigenvalue weighted by Crippen LogP contribution is -2.43. The highest BCUT2D eigenvalue weighted by Crippen LogP contribution is 2.41. The zero-order chi connectivity index (χ0) is 28.0. The first-order valence-corrected chi connectivity index (χ1v) is 13.8. The average molecular weight is 564 g/mol. The third-order valence-electron chi connectivity index (χ3n) is 6.69. The van der Waals surface area contributed by atoms with Crippen LogP contribution in [0.2, 0.25) is 0 Å². The number of carbonyl (C=O) groups excluding carboxylic acids is 2. The molecule has 0 saturated carbocycles. The first-order chi connectivity index (χ1) is 18.7. The molecular weight excluding hydrogens is 531 g/mol. The summed E-state index contributed by atoms with van der Waals surface area (Å²) in [5.41, 5.74) is -0.393. The number of benzene rings is 2. The van der Waals surface area contributed by atoms with E-state index in [4.69, 9.17) is 14.2 Å². The summed E-state index contributed by atoms with van der Waals surface area (Å²) in [6, 6.07) is 13.5. The van der Waals surface area contributed by atoms with E-state index in [-0.39, 0.29) is 47.9 Å². The van der Waals surface area contributed by atoms with E-state index < -0.39 is 29.0 Å². The Balaban J connectivity index is 1.46. The summed E-state index contributed by atoms with van der Waals surface area (Å²) in [7, 11) is 0. The molecule has 2 aromatic rings. The molecule has 0 aromatic heterocycles. The number of amides is 1. The van der Waals surface area contributed by atoms with Crippen molar-refractivity contribution in [3.63, 3.8) is 0 Å². The number of thioether (sulfide) groups is 1. The van der Waals surface area contributed by atoms with Crippen LogP contribution in [0.4, 0.5) is 13.2 Å². The van der Waals surface area contributed by atoms with E-state index >= 15 is 0 Å². The summed E-state index contributed by atoms with van der Waals surface area (Å²) < 4.78 is 59.1. The van der Waals surface area contributed by atoms with Crippen molar-refractivity contribution in [2.75, 3.05) is 32.9 Å². The molecule has 2 heterocycles. The van der Waals surface area contributed by atoms with E-state index in [1.807, 2.05) is 30.3 Å². The summed E-state index contributed by atoms with van der Waals surface area (Å²) in [5.74, 6) is -1.32. The fourth-order valence-electron chi connectivity index (χ4n) is 4.75. The Morgan fingerprint density at radius 2 is 1.92 bits per heavy atom. The zero-order valence-electron chi connectivity index (χ0n) is 21.7. The number of alkyl halides is 3. The number of piperidine rings is 1. The van der Waals surface area contributed by atoms with Crippen molar-refractivity contribution >= 4 is 29.2 Å². The lowest BCUT2D eigenvalue weighted by atomic mass is 9.96. The summed E-state index contributed by atoms with van der Waals surface area (Å²) >= 11 is 0.954. The number of halogens is 3. The molecule has 2 aliphatic rings. The predicted octanol–water partition coefficient (Wildman–Crippen LogP) is 5.60. The number of rotatable bonds is 8. The van der Waals surface area contributed by atoms with Gasteiger partial charge in [0.2, 0.25) is 0 Å². The molecule has 0 radical (unpaired) electrons. The normalized spacial score (nSPS) is 21.8. The Labute approximate surface area is 230 Å². The minimum Gasteiger partial charge on any atom is -0.466 e. The minimum absolute atomic E-state index is 0.0131. The van der Waals surface area contributed by atoms with Crippen LogP contribution in [0.25, 0.3) is 5.57 Å². The van der Waals surface area contributed by atoms with Crippen molar-refractivity contribution in [2.45, 2.75) is 48.8 Å². The number of carbonyl (C=O) groups is 2. The van der Waals surface area contributed by atoms with Crippen molar-refractivity contribution in [1.29, 1.82) is 0 Å². The second-order valence-electron chi connectivity index (χ2n) is 9.56. The van der Waals surface area contributed by atoms with Crippen LogP contribution in [0, 0.1) is 5.92 Å². The maximum absolute atomic E-state index is 14.1. The monoisotopic (exact) mass is 563 g/mol. The van der Waals surface area contributed by atoms with E-state index in [9.17, 15) is 22.8 Å². The molecule has 10 heteroatoms. The van der Waals surface area contributed by atoms with Crippen LogP contribution >= 0.6 is 11.8 Å². The molecule has 210 valence electrons. The highest BCUT2D eigenvalue weighted by Gasteiger charge is 2.37. The molecule has 0 aliphatic carbocycles. The quantitative estimate of drug-likeness (QED) is 0.308. The minimum atomic E-state index is -4.65. The van der Waals surface area contributed by atoms with Gasteiger partial charge in [0.25, 0.3) is 5.91 Å². The molecule has 2 unspecified atom stereocenters. The molecule has 1 amide bonds. The Bertz CT molecular complexity index is 1170. The standard InChI is InChI=1S/C29H32F3NO5S/c1-3-37-28(35)22-10-7-13-33(16-22)27(34)19(2)21-11-12-25(24(15-21)29(30,31)32)39-26-18-36-17-23(38-26)14-20-8-5-4-6-9-20/h4-6,8-9,11-12,15,22-23,26H,2-3,7,10,13-14,16-18H2,1H3/t22-,23?,26?/m1/s1. The van der Waals surface area contributed by atoms with E-state index in [1.54, 1.807) is 6.92 Å². The fourth-order valence-corrected chi connectivity index (χ4v) is 5.86. The summed E-state index contributed by atoms with van der Waals surface area (Å²) in [6.45, 7) is 6.83. The zero-order valence-corrected chi connectivity index (χ0v) is 22.6. The van der Waals surface area contributed by atoms with Crippen molar-refractivity contribution in [1.82, 2.24) is 4.90 Å². The van der Waals surface area contributed by atoms with Gasteiger partial charge in [-0.3, -0.25) is 9.59 Å². The molecule has 6 nitrogen and oxygen atoms in total. The fraction of sp³-hybridized carbons (Fsp3) is 0.448. The largest absolute Gasteiger partial charge is 0.466 e. The first kappa shape index (κ1) is 29.2. The van der Waals surface area contributed by atoms with Crippen LogP contribution in [-0.2, 0) is 36.4 Å². The number of hydrogen-bond acceptors (Lipinski definition) is 6. The molecule has 4 rings (SSSR count). The van der Waals surface area contributed by atoms with Gasteiger partial charge in [-0.1, -0.05) is 54.7 Å². The van der Waals surface area contributed by atoms with Gasteiger partial charge in [-0.25, -0.2) is 0 Å². The Kier molecular flexibility index (Phi) is 9.74. The van der Waals surface area contributed by atoms with Crippen LogP contribution < -0.4 is 0 Å². The highest BCUT2D eigenvalue weighted by atomic mass is 32.2. The Hall–Kier alpha value is -2.82. The lowest BCUT2D eigenvalue weighted by Gasteiger charge is -2.32. The molecular formula is C29H32F3NO5S. The van der Waals surface area contributed by atoms with Gasteiger partial charge in [-0.2, -0.15) is 13.2 Å². The van der Waals surface area contributed by atoms with Crippen LogP contribution in [0.1, 0.15) is 36.5 Å². The van der Waals surface area contributed by atoms with Crippen molar-refractivity contribution in [3.8, 4) is 0 Å². The molecule has 2 fully saturated rings. The van der Waals surface area contributed by atoms with Gasteiger partial charge in [-0.05, 0) is 43.0 Å². The number of esters is 1. The van der Waals surface area contributed by atoms with Crippen molar-refractivity contribution in [3.05, 3.63) is 71.8 Å². The van der Waals surface area contributed by atoms with Gasteiger partial charge in [0, 0.05) is 30.0 Å². The molecule has 3 atom stereocenters. The molecule has 39 heavy (non-hydrogen) atoms. The SMILES string of the molecule is C=C(C(=O)N1CCC[C@@H](C(=O)OCC)C1)c1ccc(SC2COCC(Cc3ccccc3)O2)c(C(F)(F)F)c1. The average Bonchev–Trinajstić information content (AvgIpc) is 2.93. The molecule has 2 aromatic carbocycles. The van der Waals surface area contributed by atoms with Gasteiger partial charge < -0.3 is 19.1 Å². The lowest BCUT2D eigenvalue weighted by molar-refractivity contribution is -0.150. The molecule has 0 N–H and O–H groups in total. The van der Waals surface area contributed by atoms with Gasteiger partial charge in [0.1, 0.15) is 5.44 Å². The smallest absolute Gasteiger partial charge is 0.417 e. The number of hydrogen-bond donors (Lipinski definition) is 0. The molecule has 2 saturated heterocycles. The van der Waals surface area contributed by atoms with Crippen molar-refractivity contribution in [2.24, 2.45) is 5.92 Å². The van der Waals surface area contributed by atoms with Crippen LogP contribution in [0.15, 0.2) is 60.0 Å². The topological polar surface area (TPSA) is 65.1 Å². The van der Waals surface area contributed by atoms with E-state index in [0.29, 0.717) is 32.4 Å². The van der Waals surface area contributed by atoms with Crippen LogP contribution in [0.3, 0.4) is 0 Å². The molecule has 0 bridgehead atoms. The van der Waals surface area contributed by atoms with Crippen molar-refractivity contribution < 1.29 is 37.0 Å². The number of ether oxygens (including phenoxy) is 3. The van der Waals surface area contributed by atoms with E-state index in [2.05, 4.69) is 6.58 Å². The molecule has 0 spiro atoms. The predicted molar refractivity (Wildman–Crippen MR) is 142 cm³/mol.